The molecule has 1 unspecified atom stereocenters. The molecule has 1 atom stereocenters. The molecule has 2 N–H and O–H groups in total. The highest BCUT2D eigenvalue weighted by atomic mass is 35.5. The first-order chi connectivity index (χ1) is 9.95. The van der Waals surface area contributed by atoms with Crippen LogP contribution in [0.3, 0.4) is 0 Å². The zero-order valence-corrected chi connectivity index (χ0v) is 12.5. The Morgan fingerprint density at radius 2 is 1.71 bits per heavy atom. The normalized spacial score (nSPS) is 13.3. The quantitative estimate of drug-likeness (QED) is 0.848. The standard InChI is InChI=1S/C16H16ClNO3/c1-16(15(20)21-2,11-3-9-14(19)10-4-11)18-13-7-5-12(17)6-8-13/h3-10,18-19H,1-2H3. The van der Waals surface area contributed by atoms with Crippen LogP contribution in [0, 0.1) is 0 Å². The first kappa shape index (κ1) is 15.2. The lowest BCUT2D eigenvalue weighted by molar-refractivity contribution is -0.145. The van der Waals surface area contributed by atoms with Crippen molar-refractivity contribution < 1.29 is 14.6 Å². The molecular formula is C16H16ClNO3. The fourth-order valence-corrected chi connectivity index (χ4v) is 2.19. The predicted molar refractivity (Wildman–Crippen MR) is 82.5 cm³/mol. The molecule has 0 bridgehead atoms. The van der Waals surface area contributed by atoms with Crippen molar-refractivity contribution in [3.8, 4) is 5.75 Å². The molecule has 2 aromatic rings. The van der Waals surface area contributed by atoms with Gasteiger partial charge in [-0.2, -0.15) is 0 Å². The number of esters is 1. The Morgan fingerprint density at radius 1 is 1.14 bits per heavy atom. The van der Waals surface area contributed by atoms with Crippen molar-refractivity contribution >= 4 is 23.3 Å². The van der Waals surface area contributed by atoms with Gasteiger partial charge in [-0.25, -0.2) is 4.79 Å². The molecule has 0 aliphatic carbocycles. The highest BCUT2D eigenvalue weighted by molar-refractivity contribution is 6.30. The summed E-state index contributed by atoms with van der Waals surface area (Å²) >= 11 is 5.86. The maximum absolute atomic E-state index is 12.2. The summed E-state index contributed by atoms with van der Waals surface area (Å²) in [6, 6.07) is 13.4. The number of methoxy groups -OCH3 is 1. The van der Waals surface area contributed by atoms with E-state index in [2.05, 4.69) is 5.32 Å². The number of carbonyl (C=O) groups excluding carboxylic acids is 1. The van der Waals surface area contributed by atoms with E-state index < -0.39 is 11.5 Å². The highest BCUT2D eigenvalue weighted by Crippen LogP contribution is 2.29. The second-order valence-electron chi connectivity index (χ2n) is 4.80. The summed E-state index contributed by atoms with van der Waals surface area (Å²) < 4.78 is 4.91. The van der Waals surface area contributed by atoms with Crippen molar-refractivity contribution in [2.24, 2.45) is 0 Å². The van der Waals surface area contributed by atoms with E-state index >= 15 is 0 Å². The zero-order valence-electron chi connectivity index (χ0n) is 11.8. The number of nitrogens with one attached hydrogen (secondary N) is 1. The minimum absolute atomic E-state index is 0.137. The maximum Gasteiger partial charge on any atom is 0.335 e. The van der Waals surface area contributed by atoms with Crippen LogP contribution in [0.5, 0.6) is 5.75 Å². The average molecular weight is 306 g/mol. The Labute approximate surface area is 128 Å². The molecule has 0 saturated carbocycles. The number of phenolic OH excluding ortho intramolecular Hbond substituents is 1. The molecule has 2 aromatic carbocycles. The molecule has 5 heteroatoms. The van der Waals surface area contributed by atoms with Gasteiger partial charge < -0.3 is 15.2 Å². The van der Waals surface area contributed by atoms with Gasteiger partial charge in [-0.15, -0.1) is 0 Å². The van der Waals surface area contributed by atoms with E-state index in [9.17, 15) is 9.90 Å². The van der Waals surface area contributed by atoms with Crippen molar-refractivity contribution in [2.75, 3.05) is 12.4 Å². The van der Waals surface area contributed by atoms with Crippen molar-refractivity contribution in [3.63, 3.8) is 0 Å². The fourth-order valence-electron chi connectivity index (χ4n) is 2.06. The lowest BCUT2D eigenvalue weighted by atomic mass is 9.91. The number of hydrogen-bond donors (Lipinski definition) is 2. The van der Waals surface area contributed by atoms with E-state index in [1.807, 2.05) is 0 Å². The Bertz CT molecular complexity index is 625. The third-order valence-corrected chi connectivity index (χ3v) is 3.53. The van der Waals surface area contributed by atoms with Crippen molar-refractivity contribution in [3.05, 3.63) is 59.1 Å². The van der Waals surface area contributed by atoms with Gasteiger partial charge in [0.05, 0.1) is 7.11 Å². The van der Waals surface area contributed by atoms with E-state index in [1.165, 1.54) is 19.2 Å². The summed E-state index contributed by atoms with van der Waals surface area (Å²) in [4.78, 5) is 12.2. The first-order valence-corrected chi connectivity index (χ1v) is 6.75. The first-order valence-electron chi connectivity index (χ1n) is 6.37. The molecule has 0 saturated heterocycles. The van der Waals surface area contributed by atoms with Gasteiger partial charge in [0.2, 0.25) is 0 Å². The number of carbonyl (C=O) groups is 1. The molecule has 0 fully saturated rings. The number of benzene rings is 2. The van der Waals surface area contributed by atoms with Gasteiger partial charge >= 0.3 is 5.97 Å². The molecule has 0 aliphatic heterocycles. The summed E-state index contributed by atoms with van der Waals surface area (Å²) in [5, 5.41) is 13.2. The smallest absolute Gasteiger partial charge is 0.335 e. The van der Waals surface area contributed by atoms with Crippen LogP contribution >= 0.6 is 11.6 Å². The summed E-state index contributed by atoms with van der Waals surface area (Å²) in [5.41, 5.74) is 0.346. The molecule has 0 radical (unpaired) electrons. The Morgan fingerprint density at radius 3 is 2.24 bits per heavy atom. The van der Waals surface area contributed by atoms with Gasteiger partial charge in [0.25, 0.3) is 0 Å². The van der Waals surface area contributed by atoms with E-state index in [4.69, 9.17) is 16.3 Å². The fraction of sp³-hybridized carbons (Fsp3) is 0.188. The molecule has 0 amide bonds. The Hall–Kier alpha value is -2.20. The molecule has 0 aromatic heterocycles. The van der Waals surface area contributed by atoms with Gasteiger partial charge in [-0.3, -0.25) is 0 Å². The molecule has 110 valence electrons. The molecule has 0 aliphatic rings. The molecule has 4 nitrogen and oxygen atoms in total. The minimum atomic E-state index is -1.07. The van der Waals surface area contributed by atoms with Gasteiger partial charge in [-0.05, 0) is 48.9 Å². The largest absolute Gasteiger partial charge is 0.508 e. The maximum atomic E-state index is 12.2. The second kappa shape index (κ2) is 6.06. The van der Waals surface area contributed by atoms with Crippen LogP contribution in [-0.2, 0) is 15.1 Å². The average Bonchev–Trinajstić information content (AvgIpc) is 2.49. The Balaban J connectivity index is 2.39. The van der Waals surface area contributed by atoms with E-state index in [0.717, 1.165) is 5.69 Å². The number of phenols is 1. The van der Waals surface area contributed by atoms with Gasteiger partial charge in [0, 0.05) is 10.7 Å². The van der Waals surface area contributed by atoms with Gasteiger partial charge in [-0.1, -0.05) is 23.7 Å². The van der Waals surface area contributed by atoms with Crippen LogP contribution < -0.4 is 5.32 Å². The lowest BCUT2D eigenvalue weighted by Gasteiger charge is -2.29. The van der Waals surface area contributed by atoms with Gasteiger partial charge in [0.15, 0.2) is 5.54 Å². The number of rotatable bonds is 4. The zero-order chi connectivity index (χ0) is 15.5. The lowest BCUT2D eigenvalue weighted by Crippen LogP contribution is -2.41. The molecule has 2 rings (SSSR count). The van der Waals surface area contributed by atoms with Crippen molar-refractivity contribution in [1.82, 2.24) is 0 Å². The minimum Gasteiger partial charge on any atom is -0.508 e. The summed E-state index contributed by atoms with van der Waals surface area (Å²) in [5.74, 6) is -0.291. The monoisotopic (exact) mass is 305 g/mol. The van der Waals surface area contributed by atoms with E-state index in [1.54, 1.807) is 43.3 Å². The number of halogens is 1. The van der Waals surface area contributed by atoms with Crippen LogP contribution in [0.4, 0.5) is 5.69 Å². The molecule has 0 spiro atoms. The summed E-state index contributed by atoms with van der Waals surface area (Å²) in [6.07, 6.45) is 0. The number of hydrogen-bond acceptors (Lipinski definition) is 4. The third kappa shape index (κ3) is 3.28. The van der Waals surface area contributed by atoms with E-state index in [0.29, 0.717) is 10.6 Å². The van der Waals surface area contributed by atoms with Gasteiger partial charge in [0.1, 0.15) is 5.75 Å². The van der Waals surface area contributed by atoms with Crippen LogP contribution in [0.25, 0.3) is 0 Å². The topological polar surface area (TPSA) is 58.6 Å². The predicted octanol–water partition coefficient (Wildman–Crippen LogP) is 3.55. The van der Waals surface area contributed by atoms with Crippen LogP contribution in [-0.4, -0.2) is 18.2 Å². The highest BCUT2D eigenvalue weighted by Gasteiger charge is 2.36. The summed E-state index contributed by atoms with van der Waals surface area (Å²) in [6.45, 7) is 1.72. The second-order valence-corrected chi connectivity index (χ2v) is 5.23. The third-order valence-electron chi connectivity index (χ3n) is 3.28. The van der Waals surface area contributed by atoms with E-state index in [-0.39, 0.29) is 5.75 Å². The number of anilines is 1. The number of aromatic hydroxyl groups is 1. The SMILES string of the molecule is COC(=O)C(C)(Nc1ccc(Cl)cc1)c1ccc(O)cc1. The van der Waals surface area contributed by atoms with Crippen LogP contribution in [0.1, 0.15) is 12.5 Å². The molecular weight excluding hydrogens is 290 g/mol. The van der Waals surface area contributed by atoms with Crippen LogP contribution in [0.2, 0.25) is 5.02 Å². The number of ether oxygens (including phenoxy) is 1. The Kier molecular flexibility index (Phi) is 4.38. The van der Waals surface area contributed by atoms with Crippen molar-refractivity contribution in [1.29, 1.82) is 0 Å². The summed E-state index contributed by atoms with van der Waals surface area (Å²) in [7, 11) is 1.34. The molecule has 21 heavy (non-hydrogen) atoms. The van der Waals surface area contributed by atoms with Crippen LogP contribution in [0.15, 0.2) is 48.5 Å². The molecule has 0 heterocycles. The van der Waals surface area contributed by atoms with Crippen molar-refractivity contribution in [2.45, 2.75) is 12.5 Å².